The summed E-state index contributed by atoms with van der Waals surface area (Å²) in [6.07, 6.45) is 2.54. The second-order valence-corrected chi connectivity index (χ2v) is 3.84. The highest BCUT2D eigenvalue weighted by atomic mass is 79.9. The van der Waals surface area contributed by atoms with Gasteiger partial charge < -0.3 is 9.84 Å². The van der Waals surface area contributed by atoms with E-state index in [2.05, 4.69) is 15.9 Å². The Morgan fingerprint density at radius 3 is 2.75 bits per heavy atom. The van der Waals surface area contributed by atoms with Crippen LogP contribution in [0.1, 0.15) is 12.8 Å². The molecule has 0 spiro atoms. The molecule has 3 heteroatoms. The molecule has 0 heterocycles. The molecule has 0 radical (unpaired) electrons. The van der Waals surface area contributed by atoms with E-state index in [1.807, 2.05) is 6.07 Å². The van der Waals surface area contributed by atoms with E-state index >= 15 is 0 Å². The van der Waals surface area contributed by atoms with Crippen molar-refractivity contribution in [3.8, 4) is 11.5 Å². The lowest BCUT2D eigenvalue weighted by Crippen LogP contribution is -1.95. The van der Waals surface area contributed by atoms with E-state index < -0.39 is 0 Å². The lowest BCUT2D eigenvalue weighted by Gasteiger charge is -2.05. The number of halogens is 1. The van der Waals surface area contributed by atoms with Gasteiger partial charge in [-0.2, -0.15) is 0 Å². The van der Waals surface area contributed by atoms with Crippen LogP contribution in [0.2, 0.25) is 0 Å². The molecule has 64 valence electrons. The van der Waals surface area contributed by atoms with Gasteiger partial charge in [-0.25, -0.2) is 0 Å². The first kappa shape index (κ1) is 7.92. The quantitative estimate of drug-likeness (QED) is 0.844. The van der Waals surface area contributed by atoms with Gasteiger partial charge in [-0.1, -0.05) is 15.9 Å². The monoisotopic (exact) mass is 228 g/mol. The third-order valence-electron chi connectivity index (χ3n) is 1.74. The van der Waals surface area contributed by atoms with Crippen LogP contribution in [0.15, 0.2) is 22.7 Å². The topological polar surface area (TPSA) is 29.5 Å². The molecular weight excluding hydrogens is 220 g/mol. The van der Waals surface area contributed by atoms with Crippen molar-refractivity contribution in [2.45, 2.75) is 18.9 Å². The molecule has 12 heavy (non-hydrogen) atoms. The maximum Gasteiger partial charge on any atom is 0.161 e. The summed E-state index contributed by atoms with van der Waals surface area (Å²) in [6, 6.07) is 5.27. The number of hydrogen-bond acceptors (Lipinski definition) is 2. The molecule has 0 unspecified atom stereocenters. The van der Waals surface area contributed by atoms with Crippen LogP contribution in [0, 0.1) is 0 Å². The Morgan fingerprint density at radius 2 is 2.17 bits per heavy atom. The minimum atomic E-state index is 0.205. The average molecular weight is 229 g/mol. The SMILES string of the molecule is Oc1cc(Br)ccc1OC1CC1. The second-order valence-electron chi connectivity index (χ2n) is 2.93. The molecule has 0 saturated heterocycles. The summed E-state index contributed by atoms with van der Waals surface area (Å²) in [6.45, 7) is 0. The lowest BCUT2D eigenvalue weighted by atomic mass is 10.3. The van der Waals surface area contributed by atoms with Crippen LogP contribution in [0.25, 0.3) is 0 Å². The van der Waals surface area contributed by atoms with Crippen LogP contribution >= 0.6 is 15.9 Å². The highest BCUT2D eigenvalue weighted by Crippen LogP contribution is 2.34. The van der Waals surface area contributed by atoms with Gasteiger partial charge in [0.2, 0.25) is 0 Å². The van der Waals surface area contributed by atoms with E-state index in [1.54, 1.807) is 12.1 Å². The molecule has 0 bridgehead atoms. The Morgan fingerprint density at radius 1 is 1.42 bits per heavy atom. The maximum absolute atomic E-state index is 9.41. The zero-order valence-corrected chi connectivity index (χ0v) is 8.04. The predicted octanol–water partition coefficient (Wildman–Crippen LogP) is 2.70. The van der Waals surface area contributed by atoms with Gasteiger partial charge in [0.1, 0.15) is 0 Å². The Hall–Kier alpha value is -0.700. The first-order valence-corrected chi connectivity index (χ1v) is 4.70. The first-order valence-electron chi connectivity index (χ1n) is 3.91. The van der Waals surface area contributed by atoms with E-state index in [1.165, 1.54) is 0 Å². The Kier molecular flexibility index (Phi) is 1.97. The minimum Gasteiger partial charge on any atom is -0.504 e. The highest BCUT2D eigenvalue weighted by Gasteiger charge is 2.24. The fourth-order valence-electron chi connectivity index (χ4n) is 0.956. The van der Waals surface area contributed by atoms with Crippen molar-refractivity contribution in [1.82, 2.24) is 0 Å². The normalized spacial score (nSPS) is 16.1. The fourth-order valence-corrected chi connectivity index (χ4v) is 1.30. The summed E-state index contributed by atoms with van der Waals surface area (Å²) >= 11 is 3.26. The molecule has 2 nitrogen and oxygen atoms in total. The number of hydrogen-bond donors (Lipinski definition) is 1. The van der Waals surface area contributed by atoms with Crippen molar-refractivity contribution in [1.29, 1.82) is 0 Å². The molecule has 0 amide bonds. The first-order chi connectivity index (χ1) is 5.75. The summed E-state index contributed by atoms with van der Waals surface area (Å²) < 4.78 is 6.30. The highest BCUT2D eigenvalue weighted by molar-refractivity contribution is 9.10. The van der Waals surface area contributed by atoms with Crippen molar-refractivity contribution in [2.24, 2.45) is 0 Å². The smallest absolute Gasteiger partial charge is 0.161 e. The summed E-state index contributed by atoms with van der Waals surface area (Å²) in [4.78, 5) is 0. The van der Waals surface area contributed by atoms with Gasteiger partial charge in [0.25, 0.3) is 0 Å². The Labute approximate surface area is 79.3 Å². The summed E-state index contributed by atoms with van der Waals surface area (Å²) in [5.74, 6) is 0.789. The van der Waals surface area contributed by atoms with Crippen molar-refractivity contribution >= 4 is 15.9 Å². The van der Waals surface area contributed by atoms with Crippen LogP contribution in [-0.4, -0.2) is 11.2 Å². The molecule has 1 N–H and O–H groups in total. The standard InChI is InChI=1S/C9H9BrO2/c10-6-1-4-9(8(11)5-6)12-7-2-3-7/h1,4-5,7,11H,2-3H2. The summed E-state index contributed by atoms with van der Waals surface area (Å²) in [5.41, 5.74) is 0. The molecular formula is C9H9BrO2. The minimum absolute atomic E-state index is 0.205. The Balaban J connectivity index is 2.18. The van der Waals surface area contributed by atoms with Crippen LogP contribution in [-0.2, 0) is 0 Å². The van der Waals surface area contributed by atoms with Gasteiger partial charge >= 0.3 is 0 Å². The van der Waals surface area contributed by atoms with Gasteiger partial charge in [0.15, 0.2) is 11.5 Å². The van der Waals surface area contributed by atoms with E-state index in [4.69, 9.17) is 4.74 Å². The van der Waals surface area contributed by atoms with Crippen LogP contribution in [0.4, 0.5) is 0 Å². The molecule has 1 aliphatic rings. The van der Waals surface area contributed by atoms with Crippen LogP contribution < -0.4 is 4.74 Å². The lowest BCUT2D eigenvalue weighted by molar-refractivity contribution is 0.286. The van der Waals surface area contributed by atoms with Gasteiger partial charge in [0.05, 0.1) is 6.10 Å². The third kappa shape index (κ3) is 1.72. The van der Waals surface area contributed by atoms with Crippen LogP contribution in [0.3, 0.4) is 0 Å². The van der Waals surface area contributed by atoms with Crippen molar-refractivity contribution in [3.05, 3.63) is 22.7 Å². The molecule has 1 aromatic carbocycles. The zero-order chi connectivity index (χ0) is 8.55. The van der Waals surface area contributed by atoms with Gasteiger partial charge in [-0.05, 0) is 31.0 Å². The largest absolute Gasteiger partial charge is 0.504 e. The fraction of sp³-hybridized carbons (Fsp3) is 0.333. The van der Waals surface area contributed by atoms with Gasteiger partial charge in [0, 0.05) is 4.47 Å². The average Bonchev–Trinajstić information content (AvgIpc) is 2.79. The van der Waals surface area contributed by atoms with Crippen molar-refractivity contribution in [2.75, 3.05) is 0 Å². The maximum atomic E-state index is 9.41. The third-order valence-corrected chi connectivity index (χ3v) is 2.23. The molecule has 1 aliphatic carbocycles. The summed E-state index contributed by atoms with van der Waals surface area (Å²) in [7, 11) is 0. The van der Waals surface area contributed by atoms with Crippen molar-refractivity contribution in [3.63, 3.8) is 0 Å². The van der Waals surface area contributed by atoms with E-state index in [9.17, 15) is 5.11 Å². The molecule has 1 saturated carbocycles. The van der Waals surface area contributed by atoms with Gasteiger partial charge in [-0.3, -0.25) is 0 Å². The molecule has 1 fully saturated rings. The number of rotatable bonds is 2. The zero-order valence-electron chi connectivity index (χ0n) is 6.46. The second kappa shape index (κ2) is 2.98. The molecule has 0 atom stereocenters. The number of benzene rings is 1. The number of aromatic hydroxyl groups is 1. The van der Waals surface area contributed by atoms with Crippen LogP contribution in [0.5, 0.6) is 11.5 Å². The van der Waals surface area contributed by atoms with E-state index in [0.717, 1.165) is 17.3 Å². The number of phenolic OH excluding ortho intramolecular Hbond substituents is 1. The molecule has 1 aromatic rings. The Bertz CT molecular complexity index is 295. The predicted molar refractivity (Wildman–Crippen MR) is 49.5 cm³/mol. The summed E-state index contributed by atoms with van der Waals surface area (Å²) in [5, 5.41) is 9.41. The number of ether oxygens (including phenoxy) is 1. The van der Waals surface area contributed by atoms with Gasteiger partial charge in [-0.15, -0.1) is 0 Å². The molecule has 2 rings (SSSR count). The van der Waals surface area contributed by atoms with E-state index in [0.29, 0.717) is 11.9 Å². The van der Waals surface area contributed by atoms with Crippen molar-refractivity contribution < 1.29 is 9.84 Å². The molecule has 0 aliphatic heterocycles. The van der Waals surface area contributed by atoms with E-state index in [-0.39, 0.29) is 5.75 Å². The molecule has 0 aromatic heterocycles. The number of phenols is 1.